The normalized spacial score (nSPS) is 17.4. The fourth-order valence-corrected chi connectivity index (χ4v) is 3.05. The minimum atomic E-state index is -0.0186. The molecule has 0 saturated carbocycles. The Morgan fingerprint density at radius 1 is 1.33 bits per heavy atom. The number of rotatable bonds is 7. The summed E-state index contributed by atoms with van der Waals surface area (Å²) in [5.74, 6) is 1.00. The molecule has 0 radical (unpaired) electrons. The molecule has 4 nitrogen and oxygen atoms in total. The molecule has 0 aliphatic carbocycles. The second-order valence-corrected chi connectivity index (χ2v) is 6.51. The molecule has 0 spiro atoms. The lowest BCUT2D eigenvalue weighted by atomic mass is 10.2. The van der Waals surface area contributed by atoms with Crippen molar-refractivity contribution in [1.82, 2.24) is 10.2 Å². The Kier molecular flexibility index (Phi) is 7.06. The van der Waals surface area contributed by atoms with Gasteiger partial charge in [-0.05, 0) is 12.5 Å². The largest absolute Gasteiger partial charge is 0.379 e. The van der Waals surface area contributed by atoms with Gasteiger partial charge in [0.25, 0.3) is 0 Å². The number of nitrogens with zero attached hydrogens (tertiary/aromatic N) is 1. The second-order valence-electron chi connectivity index (χ2n) is 5.18. The van der Waals surface area contributed by atoms with Gasteiger partial charge in [0.2, 0.25) is 5.91 Å². The van der Waals surface area contributed by atoms with Crippen LogP contribution >= 0.6 is 11.8 Å². The summed E-state index contributed by atoms with van der Waals surface area (Å²) in [6, 6.07) is 10.3. The van der Waals surface area contributed by atoms with Crippen LogP contribution in [0.25, 0.3) is 0 Å². The van der Waals surface area contributed by atoms with Crippen molar-refractivity contribution in [3.8, 4) is 0 Å². The topological polar surface area (TPSA) is 41.6 Å². The van der Waals surface area contributed by atoms with E-state index in [1.807, 2.05) is 25.1 Å². The standard InChI is InChI=1S/C16H24N2O2S/c1-14(21-13-15-5-3-2-4-6-15)16(19)17-7-8-18-9-11-20-12-10-18/h2-6,14H,7-13H2,1H3,(H,17,19)/t14-/m1/s1. The molecule has 21 heavy (non-hydrogen) atoms. The van der Waals surface area contributed by atoms with E-state index in [0.29, 0.717) is 0 Å². The van der Waals surface area contributed by atoms with Crippen molar-refractivity contribution in [2.45, 2.75) is 17.9 Å². The summed E-state index contributed by atoms with van der Waals surface area (Å²) in [5.41, 5.74) is 1.26. The molecule has 1 N–H and O–H groups in total. The quantitative estimate of drug-likeness (QED) is 0.833. The van der Waals surface area contributed by atoms with Crippen LogP contribution in [0.3, 0.4) is 0 Å². The molecular weight excluding hydrogens is 284 g/mol. The molecule has 0 aromatic heterocycles. The fraction of sp³-hybridized carbons (Fsp3) is 0.562. The fourth-order valence-electron chi connectivity index (χ4n) is 2.18. The third-order valence-electron chi connectivity index (χ3n) is 3.54. The molecule has 1 aliphatic heterocycles. The number of thioether (sulfide) groups is 1. The molecule has 1 aliphatic rings. The monoisotopic (exact) mass is 308 g/mol. The summed E-state index contributed by atoms with van der Waals surface area (Å²) >= 11 is 1.68. The Labute approximate surface area is 131 Å². The van der Waals surface area contributed by atoms with Crippen LogP contribution in [0.2, 0.25) is 0 Å². The minimum Gasteiger partial charge on any atom is -0.379 e. The van der Waals surface area contributed by atoms with Crippen molar-refractivity contribution in [3.05, 3.63) is 35.9 Å². The second kappa shape index (κ2) is 9.07. The van der Waals surface area contributed by atoms with Crippen molar-refractivity contribution in [2.24, 2.45) is 0 Å². The number of carbonyl (C=O) groups is 1. The Bertz CT molecular complexity index is 422. The SMILES string of the molecule is C[C@@H](SCc1ccccc1)C(=O)NCCN1CCOCC1. The molecule has 5 heteroatoms. The number of hydrogen-bond donors (Lipinski definition) is 1. The van der Waals surface area contributed by atoms with Gasteiger partial charge in [-0.25, -0.2) is 0 Å². The lowest BCUT2D eigenvalue weighted by Crippen LogP contribution is -2.42. The summed E-state index contributed by atoms with van der Waals surface area (Å²) in [6.07, 6.45) is 0. The average molecular weight is 308 g/mol. The molecule has 1 atom stereocenters. The molecule has 1 heterocycles. The number of nitrogens with one attached hydrogen (secondary N) is 1. The van der Waals surface area contributed by atoms with Crippen LogP contribution in [-0.4, -0.2) is 55.4 Å². The first-order valence-electron chi connectivity index (χ1n) is 7.49. The van der Waals surface area contributed by atoms with E-state index in [4.69, 9.17) is 4.74 Å². The highest BCUT2D eigenvalue weighted by Crippen LogP contribution is 2.17. The van der Waals surface area contributed by atoms with Gasteiger partial charge in [-0.1, -0.05) is 30.3 Å². The van der Waals surface area contributed by atoms with Crippen molar-refractivity contribution >= 4 is 17.7 Å². The van der Waals surface area contributed by atoms with Gasteiger partial charge in [-0.15, -0.1) is 11.8 Å². The average Bonchev–Trinajstić information content (AvgIpc) is 2.54. The smallest absolute Gasteiger partial charge is 0.232 e. The van der Waals surface area contributed by atoms with Crippen LogP contribution in [0.5, 0.6) is 0 Å². The van der Waals surface area contributed by atoms with Gasteiger partial charge in [0, 0.05) is 31.9 Å². The molecule has 1 fully saturated rings. The Morgan fingerprint density at radius 2 is 2.05 bits per heavy atom. The maximum absolute atomic E-state index is 12.0. The third-order valence-corrected chi connectivity index (χ3v) is 4.76. The van der Waals surface area contributed by atoms with Crippen LogP contribution < -0.4 is 5.32 Å². The van der Waals surface area contributed by atoms with E-state index in [1.165, 1.54) is 5.56 Å². The zero-order valence-electron chi connectivity index (χ0n) is 12.6. The van der Waals surface area contributed by atoms with Crippen LogP contribution in [-0.2, 0) is 15.3 Å². The zero-order valence-corrected chi connectivity index (χ0v) is 13.4. The van der Waals surface area contributed by atoms with E-state index in [9.17, 15) is 4.79 Å². The summed E-state index contributed by atoms with van der Waals surface area (Å²) in [6.45, 7) is 7.13. The molecule has 1 amide bonds. The predicted octanol–water partition coefficient (Wildman–Crippen LogP) is 1.76. The van der Waals surface area contributed by atoms with Crippen LogP contribution in [0.4, 0.5) is 0 Å². The molecule has 116 valence electrons. The molecule has 0 bridgehead atoms. The summed E-state index contributed by atoms with van der Waals surface area (Å²) in [7, 11) is 0. The van der Waals surface area contributed by atoms with E-state index in [0.717, 1.165) is 45.1 Å². The van der Waals surface area contributed by atoms with Gasteiger partial charge in [0.1, 0.15) is 0 Å². The third kappa shape index (κ3) is 6.08. The van der Waals surface area contributed by atoms with E-state index in [2.05, 4.69) is 22.3 Å². The first kappa shape index (κ1) is 16.3. The number of morpholine rings is 1. The lowest BCUT2D eigenvalue weighted by molar-refractivity contribution is -0.120. The number of benzene rings is 1. The molecule has 1 aromatic rings. The zero-order chi connectivity index (χ0) is 14.9. The highest BCUT2D eigenvalue weighted by Gasteiger charge is 2.14. The molecule has 2 rings (SSSR count). The van der Waals surface area contributed by atoms with E-state index in [-0.39, 0.29) is 11.2 Å². The highest BCUT2D eigenvalue weighted by molar-refractivity contribution is 7.99. The van der Waals surface area contributed by atoms with Crippen molar-refractivity contribution in [3.63, 3.8) is 0 Å². The predicted molar refractivity (Wildman–Crippen MR) is 87.5 cm³/mol. The summed E-state index contributed by atoms with van der Waals surface area (Å²) in [5, 5.41) is 3.01. The Balaban J connectivity index is 1.60. The van der Waals surface area contributed by atoms with Crippen LogP contribution in [0, 0.1) is 0 Å². The molecular formula is C16H24N2O2S. The van der Waals surface area contributed by atoms with Gasteiger partial charge < -0.3 is 10.1 Å². The van der Waals surface area contributed by atoms with E-state index < -0.39 is 0 Å². The van der Waals surface area contributed by atoms with Gasteiger partial charge in [0.15, 0.2) is 0 Å². The van der Waals surface area contributed by atoms with E-state index in [1.54, 1.807) is 11.8 Å². The van der Waals surface area contributed by atoms with Crippen molar-refractivity contribution < 1.29 is 9.53 Å². The van der Waals surface area contributed by atoms with Crippen molar-refractivity contribution in [1.29, 1.82) is 0 Å². The van der Waals surface area contributed by atoms with E-state index >= 15 is 0 Å². The van der Waals surface area contributed by atoms with Gasteiger partial charge in [-0.3, -0.25) is 9.69 Å². The maximum atomic E-state index is 12.0. The summed E-state index contributed by atoms with van der Waals surface area (Å²) in [4.78, 5) is 14.4. The van der Waals surface area contributed by atoms with Gasteiger partial charge in [-0.2, -0.15) is 0 Å². The lowest BCUT2D eigenvalue weighted by Gasteiger charge is -2.26. The molecule has 1 saturated heterocycles. The van der Waals surface area contributed by atoms with Crippen molar-refractivity contribution in [2.75, 3.05) is 39.4 Å². The number of carbonyl (C=O) groups excluding carboxylic acids is 1. The van der Waals surface area contributed by atoms with Gasteiger partial charge in [0.05, 0.1) is 18.5 Å². The Hall–Kier alpha value is -1.04. The number of hydrogen-bond acceptors (Lipinski definition) is 4. The maximum Gasteiger partial charge on any atom is 0.232 e. The molecule has 0 unspecified atom stereocenters. The minimum absolute atomic E-state index is 0.0186. The first-order valence-corrected chi connectivity index (χ1v) is 8.54. The molecule has 1 aromatic carbocycles. The summed E-state index contributed by atoms with van der Waals surface area (Å²) < 4.78 is 5.31. The van der Waals surface area contributed by atoms with Gasteiger partial charge >= 0.3 is 0 Å². The Morgan fingerprint density at radius 3 is 2.76 bits per heavy atom. The number of amides is 1. The number of ether oxygens (including phenoxy) is 1. The van der Waals surface area contributed by atoms with Crippen LogP contribution in [0.1, 0.15) is 12.5 Å². The first-order chi connectivity index (χ1) is 10.3. The highest BCUT2D eigenvalue weighted by atomic mass is 32.2. The van der Waals surface area contributed by atoms with Crippen LogP contribution in [0.15, 0.2) is 30.3 Å².